The van der Waals surface area contributed by atoms with E-state index in [0.717, 1.165) is 0 Å². The molecule has 2 rings (SSSR count). The molecule has 0 saturated carbocycles. The zero-order valence-electron chi connectivity index (χ0n) is 10.3. The lowest BCUT2D eigenvalue weighted by Gasteiger charge is -2.12. The molecule has 21 heavy (non-hydrogen) atoms. The maximum atomic E-state index is 13.4. The lowest BCUT2D eigenvalue weighted by atomic mass is 10.1. The number of rotatable bonds is 3. The average Bonchev–Trinajstić information content (AvgIpc) is 2.67. The number of halogens is 2. The third kappa shape index (κ3) is 3.00. The number of hydrogen-bond acceptors (Lipinski definition) is 5. The maximum Gasteiger partial charge on any atom is 0.266 e. The Hall–Kier alpha value is -2.07. The minimum atomic E-state index is -4.62. The number of carbonyl (C=O) groups excluding carboxylic acids is 2. The second-order valence-corrected chi connectivity index (χ2v) is 5.99. The summed E-state index contributed by atoms with van der Waals surface area (Å²) < 4.78 is 51.3. The first-order chi connectivity index (χ1) is 9.72. The van der Waals surface area contributed by atoms with Gasteiger partial charge in [0.2, 0.25) is 11.8 Å². The van der Waals surface area contributed by atoms with Crippen molar-refractivity contribution in [2.45, 2.75) is 11.0 Å². The van der Waals surface area contributed by atoms with Gasteiger partial charge >= 0.3 is 0 Å². The molecular formula is C11H10F2N2O5S. The van der Waals surface area contributed by atoms with Gasteiger partial charge in [-0.15, -0.1) is 0 Å². The molecule has 1 aliphatic rings. The Labute approximate surface area is 118 Å². The Morgan fingerprint density at radius 1 is 1.38 bits per heavy atom. The second kappa shape index (κ2) is 5.37. The molecule has 1 aliphatic heterocycles. The van der Waals surface area contributed by atoms with Crippen molar-refractivity contribution in [1.29, 1.82) is 0 Å². The van der Waals surface area contributed by atoms with E-state index in [4.69, 9.17) is 0 Å². The molecule has 2 amide bonds. The van der Waals surface area contributed by atoms with E-state index in [0.29, 0.717) is 18.2 Å². The predicted octanol–water partition coefficient (Wildman–Crippen LogP) is -1.12. The molecule has 114 valence electrons. The first kappa shape index (κ1) is 15.3. The van der Waals surface area contributed by atoms with E-state index in [1.807, 2.05) is 0 Å². The number of sulfonamides is 1. The van der Waals surface area contributed by atoms with Crippen LogP contribution in [0.2, 0.25) is 0 Å². The molecule has 1 saturated heterocycles. The maximum absolute atomic E-state index is 13.4. The summed E-state index contributed by atoms with van der Waals surface area (Å²) in [6.07, 6.45) is -1.38. The standard InChI is InChI=1S/C11H10F2N2O5S/c12-5-1-2-8(6(13)3-5)21(19,20)15-11(18)9-7(16)4-14-10(9)17/h1-3,7,9,16H,4H2,(H,14,17)(H,15,18). The van der Waals surface area contributed by atoms with E-state index >= 15 is 0 Å². The van der Waals surface area contributed by atoms with Gasteiger partial charge in [-0.25, -0.2) is 21.9 Å². The summed E-state index contributed by atoms with van der Waals surface area (Å²) in [4.78, 5) is 22.1. The van der Waals surface area contributed by atoms with Gasteiger partial charge < -0.3 is 10.4 Å². The van der Waals surface area contributed by atoms with Crippen LogP contribution in [0, 0.1) is 17.6 Å². The Bertz CT molecular complexity index is 707. The fourth-order valence-electron chi connectivity index (χ4n) is 1.85. The van der Waals surface area contributed by atoms with Crippen molar-refractivity contribution in [1.82, 2.24) is 10.0 Å². The molecule has 1 aromatic rings. The molecule has 0 spiro atoms. The number of aliphatic hydroxyl groups is 1. The van der Waals surface area contributed by atoms with Crippen molar-refractivity contribution in [2.75, 3.05) is 6.54 Å². The van der Waals surface area contributed by atoms with E-state index in [1.165, 1.54) is 4.72 Å². The van der Waals surface area contributed by atoms with Crippen LogP contribution in [-0.4, -0.2) is 38.0 Å². The molecule has 2 atom stereocenters. The van der Waals surface area contributed by atoms with E-state index < -0.39 is 50.4 Å². The minimum absolute atomic E-state index is 0.193. The van der Waals surface area contributed by atoms with Gasteiger partial charge in [-0.3, -0.25) is 9.59 Å². The summed E-state index contributed by atoms with van der Waals surface area (Å²) in [6.45, 7) is -0.193. The molecule has 0 aliphatic carbocycles. The zero-order chi connectivity index (χ0) is 15.8. The van der Waals surface area contributed by atoms with Crippen LogP contribution in [0.3, 0.4) is 0 Å². The molecular weight excluding hydrogens is 310 g/mol. The van der Waals surface area contributed by atoms with E-state index in [9.17, 15) is 31.9 Å². The van der Waals surface area contributed by atoms with Crippen molar-refractivity contribution in [2.24, 2.45) is 5.92 Å². The Morgan fingerprint density at radius 2 is 2.05 bits per heavy atom. The Kier molecular flexibility index (Phi) is 3.92. The van der Waals surface area contributed by atoms with Gasteiger partial charge in [0.25, 0.3) is 10.0 Å². The lowest BCUT2D eigenvalue weighted by Crippen LogP contribution is -2.42. The van der Waals surface area contributed by atoms with Crippen LogP contribution in [0.15, 0.2) is 23.1 Å². The van der Waals surface area contributed by atoms with E-state index in [1.54, 1.807) is 0 Å². The van der Waals surface area contributed by atoms with Crippen LogP contribution in [0.1, 0.15) is 0 Å². The van der Waals surface area contributed by atoms with Crippen molar-refractivity contribution < 1.29 is 31.9 Å². The Balaban J connectivity index is 2.25. The van der Waals surface area contributed by atoms with E-state index in [2.05, 4.69) is 5.32 Å². The highest BCUT2D eigenvalue weighted by Gasteiger charge is 2.41. The summed E-state index contributed by atoms with van der Waals surface area (Å²) in [5.74, 6) is -6.10. The van der Waals surface area contributed by atoms with Gasteiger partial charge in [0.1, 0.15) is 22.4 Å². The monoisotopic (exact) mass is 320 g/mol. The van der Waals surface area contributed by atoms with Crippen LogP contribution in [0.5, 0.6) is 0 Å². The third-order valence-corrected chi connectivity index (χ3v) is 4.23. The zero-order valence-corrected chi connectivity index (χ0v) is 11.2. The average molecular weight is 320 g/mol. The largest absolute Gasteiger partial charge is 0.390 e. The summed E-state index contributed by atoms with van der Waals surface area (Å²) in [7, 11) is -4.62. The lowest BCUT2D eigenvalue weighted by molar-refractivity contribution is -0.134. The molecule has 0 aromatic heterocycles. The highest BCUT2D eigenvalue weighted by molar-refractivity contribution is 7.90. The van der Waals surface area contributed by atoms with Gasteiger partial charge in [-0.1, -0.05) is 0 Å². The van der Waals surface area contributed by atoms with Crippen LogP contribution in [-0.2, 0) is 19.6 Å². The molecule has 10 heteroatoms. The fraction of sp³-hybridized carbons (Fsp3) is 0.273. The summed E-state index contributed by atoms with van der Waals surface area (Å²) in [5.41, 5.74) is 0. The topological polar surface area (TPSA) is 113 Å². The predicted molar refractivity (Wildman–Crippen MR) is 64.2 cm³/mol. The molecule has 7 nitrogen and oxygen atoms in total. The quantitative estimate of drug-likeness (QED) is 0.611. The number of nitrogens with one attached hydrogen (secondary N) is 2. The summed E-state index contributed by atoms with van der Waals surface area (Å²) in [6, 6.07) is 1.70. The van der Waals surface area contributed by atoms with Gasteiger partial charge in [0.05, 0.1) is 6.10 Å². The molecule has 1 heterocycles. The van der Waals surface area contributed by atoms with Gasteiger partial charge in [-0.2, -0.15) is 0 Å². The molecule has 1 aromatic carbocycles. The second-order valence-electron chi connectivity index (χ2n) is 4.33. The smallest absolute Gasteiger partial charge is 0.266 e. The molecule has 0 bridgehead atoms. The molecule has 3 N–H and O–H groups in total. The van der Waals surface area contributed by atoms with Crippen molar-refractivity contribution in [3.8, 4) is 0 Å². The van der Waals surface area contributed by atoms with Crippen molar-refractivity contribution in [3.05, 3.63) is 29.8 Å². The van der Waals surface area contributed by atoms with Crippen LogP contribution in [0.25, 0.3) is 0 Å². The normalized spacial score (nSPS) is 22.0. The summed E-state index contributed by atoms with van der Waals surface area (Å²) >= 11 is 0. The van der Waals surface area contributed by atoms with Crippen LogP contribution >= 0.6 is 0 Å². The minimum Gasteiger partial charge on any atom is -0.390 e. The van der Waals surface area contributed by atoms with Gasteiger partial charge in [0, 0.05) is 12.6 Å². The van der Waals surface area contributed by atoms with Crippen molar-refractivity contribution in [3.63, 3.8) is 0 Å². The number of aliphatic hydroxyl groups excluding tert-OH is 1. The first-order valence-electron chi connectivity index (χ1n) is 5.70. The molecule has 1 fully saturated rings. The fourth-order valence-corrected chi connectivity index (χ4v) is 2.91. The SMILES string of the molecule is O=C1NCC(O)C1C(=O)NS(=O)(=O)c1ccc(F)cc1F. The number of hydrogen-bond donors (Lipinski definition) is 3. The van der Waals surface area contributed by atoms with Gasteiger partial charge in [-0.05, 0) is 12.1 Å². The highest BCUT2D eigenvalue weighted by Crippen LogP contribution is 2.17. The molecule has 2 unspecified atom stereocenters. The van der Waals surface area contributed by atoms with Gasteiger partial charge in [0.15, 0.2) is 0 Å². The first-order valence-corrected chi connectivity index (χ1v) is 7.18. The Morgan fingerprint density at radius 3 is 2.57 bits per heavy atom. The van der Waals surface area contributed by atoms with E-state index in [-0.39, 0.29) is 6.54 Å². The van der Waals surface area contributed by atoms with Crippen LogP contribution < -0.4 is 10.0 Å². The number of benzene rings is 1. The third-order valence-electron chi connectivity index (χ3n) is 2.85. The summed E-state index contributed by atoms with van der Waals surface area (Å²) in [5, 5.41) is 11.6. The van der Waals surface area contributed by atoms with Crippen molar-refractivity contribution >= 4 is 21.8 Å². The number of amides is 2. The molecule has 0 radical (unpaired) electrons. The highest BCUT2D eigenvalue weighted by atomic mass is 32.2. The van der Waals surface area contributed by atoms with Crippen LogP contribution in [0.4, 0.5) is 8.78 Å². The number of carbonyl (C=O) groups is 2. The number of β-amino-alcohol motifs (C(OH)–C–C–N with tert-alkyl or cyclic N) is 1.